The summed E-state index contributed by atoms with van der Waals surface area (Å²) in [6.45, 7) is -3.24. The molecule has 0 bridgehead atoms. The summed E-state index contributed by atoms with van der Waals surface area (Å²) in [7, 11) is -5.52. The summed E-state index contributed by atoms with van der Waals surface area (Å²) >= 11 is 4.72. The van der Waals surface area contributed by atoms with Gasteiger partial charge in [-0.2, -0.15) is 5.10 Å². The van der Waals surface area contributed by atoms with Gasteiger partial charge in [-0.25, -0.2) is 27.7 Å². The van der Waals surface area contributed by atoms with Crippen molar-refractivity contribution in [2.75, 3.05) is 18.9 Å². The lowest BCUT2D eigenvalue weighted by Crippen LogP contribution is -2.60. The van der Waals surface area contributed by atoms with Crippen molar-refractivity contribution in [2.24, 2.45) is 0 Å². The number of rotatable bonds is 11. The molecule has 0 aromatic carbocycles. The van der Waals surface area contributed by atoms with E-state index in [1.807, 2.05) is 0 Å². The first-order chi connectivity index (χ1) is 19.5. The van der Waals surface area contributed by atoms with E-state index in [2.05, 4.69) is 30.5 Å². The van der Waals surface area contributed by atoms with Gasteiger partial charge in [0, 0.05) is 0 Å². The van der Waals surface area contributed by atoms with Crippen LogP contribution in [0.15, 0.2) is 25.2 Å². The predicted molar refractivity (Wildman–Crippen MR) is 137 cm³/mol. The maximum Gasteiger partial charge on any atom is 0.481 e. The van der Waals surface area contributed by atoms with E-state index in [1.165, 1.54) is 10.7 Å². The number of alkyl halides is 1. The Morgan fingerprint density at radius 1 is 1.24 bits per heavy atom. The highest BCUT2D eigenvalue weighted by molar-refractivity contribution is 8.08. The number of fused-ring (bicyclic) bond motifs is 1. The molecule has 236 valence electrons. The Bertz CT molecular complexity index is 1390. The number of halogens is 1. The number of hydrogen-bond donors (Lipinski definition) is 9. The number of phosphoric acid groups is 1. The number of nitrogen functional groups attached to an aromatic ring is 1. The van der Waals surface area contributed by atoms with E-state index in [-0.39, 0.29) is 17.2 Å². The van der Waals surface area contributed by atoms with Gasteiger partial charge in [0.15, 0.2) is 23.9 Å². The van der Waals surface area contributed by atoms with Gasteiger partial charge in [0.1, 0.15) is 54.7 Å². The summed E-state index contributed by atoms with van der Waals surface area (Å²) in [5.74, 6) is 0.0101. The normalized spacial score (nSPS) is 37.3. The van der Waals surface area contributed by atoms with Crippen LogP contribution in [0.25, 0.3) is 5.65 Å². The van der Waals surface area contributed by atoms with Crippen molar-refractivity contribution in [1.82, 2.24) is 19.6 Å². The van der Waals surface area contributed by atoms with Crippen LogP contribution >= 0.6 is 14.5 Å². The Morgan fingerprint density at radius 2 is 1.93 bits per heavy atom. The van der Waals surface area contributed by atoms with E-state index >= 15 is 0 Å². The molecule has 10 N–H and O–H groups in total. The van der Waals surface area contributed by atoms with Crippen molar-refractivity contribution in [2.45, 2.75) is 60.8 Å². The highest BCUT2D eigenvalue weighted by atomic mass is 32.5. The first kappa shape index (κ1) is 33.3. The van der Waals surface area contributed by atoms with Crippen LogP contribution in [0.2, 0.25) is 0 Å². The minimum atomic E-state index is -5.52. The molecular formula is C19H28FN5O14P2S. The van der Waals surface area contributed by atoms with Gasteiger partial charge in [0.05, 0.1) is 25.1 Å². The zero-order valence-electron chi connectivity index (χ0n) is 21.1. The summed E-state index contributed by atoms with van der Waals surface area (Å²) in [5.41, 5.74) is 3.84. The molecule has 23 heteroatoms. The standard InChI is InChI=1S/C19H28FN5O14P2S/c1-2-19(31)14(30)9(36-15(19)8-3-22-17-16(21)23-6-24-25(8)17)5-35-41(34,42)39-40(32,33)38-18-12(29)10(27)11(28)13(37-18)7(20)4-26/h2-3,6-7,9-15,18,26-31H,1,4-5H2,(H,32,33)(H,34,42)(H2,21,23,24)/t7-,9+,10?,11?,12?,13?,14+,15-,18?,19+,41?/m0/s1. The molecule has 42 heavy (non-hydrogen) atoms. The van der Waals surface area contributed by atoms with Crippen LogP contribution in [0, 0.1) is 0 Å². The number of aliphatic hydroxyl groups is 6. The number of hydrogen-bond acceptors (Lipinski definition) is 17. The quantitative estimate of drug-likeness (QED) is 0.0851. The van der Waals surface area contributed by atoms with Crippen molar-refractivity contribution in [3.63, 3.8) is 0 Å². The second kappa shape index (κ2) is 12.4. The van der Waals surface area contributed by atoms with Crippen LogP contribution in [0.5, 0.6) is 0 Å². The lowest BCUT2D eigenvalue weighted by Gasteiger charge is -2.41. The van der Waals surface area contributed by atoms with Gasteiger partial charge in [0.25, 0.3) is 0 Å². The van der Waals surface area contributed by atoms with Crippen LogP contribution < -0.4 is 5.73 Å². The fourth-order valence-corrected chi connectivity index (χ4v) is 7.44. The van der Waals surface area contributed by atoms with Crippen LogP contribution in [0.4, 0.5) is 10.2 Å². The van der Waals surface area contributed by atoms with Crippen molar-refractivity contribution in [1.29, 1.82) is 0 Å². The minimum Gasteiger partial charge on any atom is -0.393 e. The highest BCUT2D eigenvalue weighted by Gasteiger charge is 2.56. The average Bonchev–Trinajstić information content (AvgIpc) is 3.46. The van der Waals surface area contributed by atoms with Crippen molar-refractivity contribution in [3.05, 3.63) is 30.9 Å². The molecule has 2 aliphatic heterocycles. The van der Waals surface area contributed by atoms with Gasteiger partial charge in [-0.15, -0.1) is 6.58 Å². The molecule has 2 aromatic rings. The zero-order chi connectivity index (χ0) is 31.2. The maximum atomic E-state index is 13.9. The van der Waals surface area contributed by atoms with Gasteiger partial charge < -0.3 is 60.2 Å². The SMILES string of the molecule is C=C[C@@]1(O)[C@H](O)[C@@H](COP(O)(=S)OP(=O)(O)OC2OC([C@@H](F)CO)C(O)C(O)C2O)O[C@H]1c1cnc2c(N)ncnn12. The lowest BCUT2D eigenvalue weighted by molar-refractivity contribution is -0.287. The number of anilines is 1. The molecular weight excluding hydrogens is 635 g/mol. The first-order valence-corrected chi connectivity index (χ1v) is 15.9. The molecule has 0 aliphatic carbocycles. The van der Waals surface area contributed by atoms with E-state index in [1.54, 1.807) is 0 Å². The third-order valence-corrected chi connectivity index (χ3v) is 10.0. The molecule has 0 spiro atoms. The van der Waals surface area contributed by atoms with Gasteiger partial charge in [-0.1, -0.05) is 6.08 Å². The molecule has 4 rings (SSSR count). The summed E-state index contributed by atoms with van der Waals surface area (Å²) in [6.07, 6.45) is -14.2. The summed E-state index contributed by atoms with van der Waals surface area (Å²) in [5, 5.41) is 64.7. The third-order valence-electron chi connectivity index (χ3n) is 6.49. The Morgan fingerprint density at radius 3 is 2.57 bits per heavy atom. The Balaban J connectivity index is 1.44. The number of nitrogens with zero attached hydrogens (tertiary/aromatic N) is 4. The van der Waals surface area contributed by atoms with E-state index in [0.29, 0.717) is 0 Å². The number of phosphoric ester groups is 1. The molecule has 2 aliphatic rings. The van der Waals surface area contributed by atoms with Crippen molar-refractivity contribution < 1.29 is 72.2 Å². The van der Waals surface area contributed by atoms with Gasteiger partial charge >= 0.3 is 14.5 Å². The first-order valence-electron chi connectivity index (χ1n) is 11.8. The number of aromatic nitrogens is 4. The molecule has 0 saturated carbocycles. The molecule has 4 heterocycles. The Kier molecular flexibility index (Phi) is 9.83. The largest absolute Gasteiger partial charge is 0.481 e. The van der Waals surface area contributed by atoms with E-state index in [9.17, 15) is 44.3 Å². The monoisotopic (exact) mass is 663 g/mol. The van der Waals surface area contributed by atoms with Crippen LogP contribution in [0.1, 0.15) is 11.8 Å². The summed E-state index contributed by atoms with van der Waals surface area (Å²) < 4.78 is 52.4. The molecule has 12 atom stereocenters. The summed E-state index contributed by atoms with van der Waals surface area (Å²) in [6, 6.07) is 0. The second-order valence-electron chi connectivity index (χ2n) is 9.21. The minimum absolute atomic E-state index is 0.0101. The number of nitrogens with two attached hydrogens (primary N) is 1. The number of ether oxygens (including phenoxy) is 2. The van der Waals surface area contributed by atoms with Gasteiger partial charge in [0.2, 0.25) is 0 Å². The smallest absolute Gasteiger partial charge is 0.393 e. The van der Waals surface area contributed by atoms with Gasteiger partial charge in [-0.3, -0.25) is 4.52 Å². The van der Waals surface area contributed by atoms with Crippen LogP contribution in [-0.4, -0.2) is 128 Å². The molecule has 2 saturated heterocycles. The Labute approximate surface area is 240 Å². The van der Waals surface area contributed by atoms with Crippen molar-refractivity contribution >= 4 is 37.8 Å². The van der Waals surface area contributed by atoms with E-state index < -0.39 is 88.5 Å². The lowest BCUT2D eigenvalue weighted by atomic mass is 9.89. The average molecular weight is 663 g/mol. The predicted octanol–water partition coefficient (Wildman–Crippen LogP) is -3.07. The molecule has 19 nitrogen and oxygen atoms in total. The maximum absolute atomic E-state index is 13.9. The molecule has 7 unspecified atom stereocenters. The second-order valence-corrected chi connectivity index (χ2v) is 13.6. The fourth-order valence-electron chi connectivity index (χ4n) is 4.34. The summed E-state index contributed by atoms with van der Waals surface area (Å²) in [4.78, 5) is 28.3. The molecule has 2 aromatic heterocycles. The topological polar surface area (TPSA) is 294 Å². The molecule has 0 radical (unpaired) electrons. The number of imidazole rings is 1. The zero-order valence-corrected chi connectivity index (χ0v) is 23.7. The highest BCUT2D eigenvalue weighted by Crippen LogP contribution is 2.62. The fraction of sp³-hybridized carbons (Fsp3) is 0.632. The molecule has 0 amide bonds. The third kappa shape index (κ3) is 6.42. The van der Waals surface area contributed by atoms with E-state index in [0.717, 1.165) is 12.4 Å². The van der Waals surface area contributed by atoms with Crippen LogP contribution in [-0.2, 0) is 39.2 Å². The molecule has 2 fully saturated rings. The van der Waals surface area contributed by atoms with Crippen LogP contribution in [0.3, 0.4) is 0 Å². The van der Waals surface area contributed by atoms with Gasteiger partial charge in [-0.05, 0) is 11.8 Å². The number of aliphatic hydroxyl groups excluding tert-OH is 5. The Hall–Kier alpha value is -1.62. The van der Waals surface area contributed by atoms with E-state index in [4.69, 9.17) is 36.6 Å². The van der Waals surface area contributed by atoms with Crippen molar-refractivity contribution in [3.8, 4) is 0 Å².